The molecule has 230 valence electrons. The number of fused-ring (bicyclic) bond motifs is 1. The van der Waals surface area contributed by atoms with E-state index in [1.54, 1.807) is 33.7 Å². The van der Waals surface area contributed by atoms with Gasteiger partial charge in [-0.3, -0.25) is 14.4 Å². The fraction of sp³-hybridized carbons (Fsp3) is 0.606. The maximum atomic E-state index is 14.8. The molecule has 2 bridgehead atoms. The highest BCUT2D eigenvalue weighted by Gasteiger charge is 2.74. The van der Waals surface area contributed by atoms with Crippen LogP contribution in [0.3, 0.4) is 0 Å². The molecule has 3 aliphatic heterocycles. The Morgan fingerprint density at radius 3 is 2.40 bits per heavy atom. The highest BCUT2D eigenvalue weighted by atomic mass is 32.2. The Morgan fingerprint density at radius 2 is 1.83 bits per heavy atom. The second-order valence-corrected chi connectivity index (χ2v) is 13.5. The van der Waals surface area contributed by atoms with Crippen LogP contribution in [0.15, 0.2) is 49.6 Å². The van der Waals surface area contributed by atoms with Gasteiger partial charge in [0.2, 0.25) is 5.91 Å². The summed E-state index contributed by atoms with van der Waals surface area (Å²) in [6, 6.07) is 6.59. The predicted molar refractivity (Wildman–Crippen MR) is 170 cm³/mol. The molecule has 1 aromatic rings. The van der Waals surface area contributed by atoms with Crippen molar-refractivity contribution >= 4 is 40.9 Å². The summed E-state index contributed by atoms with van der Waals surface area (Å²) in [5, 5.41) is 10.5. The second kappa shape index (κ2) is 13.7. The largest absolute Gasteiger partial charge is 0.465 e. The number of rotatable bonds is 15. The lowest BCUT2D eigenvalue weighted by Gasteiger charge is -2.40. The van der Waals surface area contributed by atoms with Crippen LogP contribution in [0.5, 0.6) is 0 Å². The number of nitrogens with zero attached hydrogens (tertiary/aromatic N) is 3. The number of esters is 1. The van der Waals surface area contributed by atoms with Crippen LogP contribution in [0.4, 0.5) is 11.4 Å². The first-order valence-electron chi connectivity index (χ1n) is 15.3. The minimum absolute atomic E-state index is 0.0773. The van der Waals surface area contributed by atoms with Crippen molar-refractivity contribution in [3.8, 4) is 0 Å². The third kappa shape index (κ3) is 5.74. The number of aliphatic hydroxyl groups excluding tert-OH is 1. The van der Waals surface area contributed by atoms with Crippen LogP contribution < -0.4 is 9.80 Å². The van der Waals surface area contributed by atoms with Gasteiger partial charge in [-0.1, -0.05) is 26.0 Å². The van der Waals surface area contributed by atoms with E-state index in [-0.39, 0.29) is 48.7 Å². The Hall–Kier alpha value is -2.78. The van der Waals surface area contributed by atoms with Gasteiger partial charge in [-0.2, -0.15) is 0 Å². The fourth-order valence-electron chi connectivity index (χ4n) is 7.22. The van der Waals surface area contributed by atoms with E-state index >= 15 is 0 Å². The van der Waals surface area contributed by atoms with Crippen molar-refractivity contribution in [3.05, 3.63) is 49.6 Å². The zero-order valence-corrected chi connectivity index (χ0v) is 26.4. The minimum atomic E-state index is -0.811. The SMILES string of the molecule is C=CCCOC(=O)[C@@H]1[C@H]2C(=O)N([C@@H](CO)CC(C)C)C(C(=O)N(CC=C)c3ccc(N(CC)CC)cc3)C23CC[C@H]1S3. The van der Waals surface area contributed by atoms with Gasteiger partial charge in [-0.15, -0.1) is 24.9 Å². The smallest absolute Gasteiger partial charge is 0.310 e. The fourth-order valence-corrected chi connectivity index (χ4v) is 9.41. The van der Waals surface area contributed by atoms with Gasteiger partial charge in [-0.05, 0) is 69.7 Å². The summed E-state index contributed by atoms with van der Waals surface area (Å²) in [4.78, 5) is 48.2. The molecule has 1 N–H and O–H groups in total. The van der Waals surface area contributed by atoms with Crippen molar-refractivity contribution in [2.24, 2.45) is 17.8 Å². The van der Waals surface area contributed by atoms with Gasteiger partial charge >= 0.3 is 5.97 Å². The summed E-state index contributed by atoms with van der Waals surface area (Å²) in [7, 11) is 0. The summed E-state index contributed by atoms with van der Waals surface area (Å²) in [6.45, 7) is 17.9. The van der Waals surface area contributed by atoms with Crippen LogP contribution in [0.1, 0.15) is 53.4 Å². The molecule has 8 nitrogen and oxygen atoms in total. The van der Waals surface area contributed by atoms with E-state index < -0.39 is 28.7 Å². The number of ether oxygens (including phenoxy) is 1. The van der Waals surface area contributed by atoms with Crippen LogP contribution in [-0.2, 0) is 19.1 Å². The molecule has 42 heavy (non-hydrogen) atoms. The average molecular weight is 598 g/mol. The van der Waals surface area contributed by atoms with Crippen molar-refractivity contribution in [1.29, 1.82) is 0 Å². The van der Waals surface area contributed by atoms with E-state index in [4.69, 9.17) is 4.74 Å². The number of carbonyl (C=O) groups is 3. The topological polar surface area (TPSA) is 90.4 Å². The van der Waals surface area contributed by atoms with Gasteiger partial charge < -0.3 is 24.5 Å². The molecule has 6 atom stereocenters. The molecule has 3 aliphatic rings. The van der Waals surface area contributed by atoms with E-state index in [1.807, 2.05) is 38.1 Å². The van der Waals surface area contributed by atoms with E-state index in [2.05, 4.69) is 31.9 Å². The normalized spacial score (nSPS) is 26.7. The molecule has 4 rings (SSSR count). The quantitative estimate of drug-likeness (QED) is 0.179. The Labute approximate surface area is 255 Å². The Kier molecular flexibility index (Phi) is 10.5. The van der Waals surface area contributed by atoms with Gasteiger partial charge in [0.1, 0.15) is 6.04 Å². The summed E-state index contributed by atoms with van der Waals surface area (Å²) in [5.74, 6) is -1.86. The standard InChI is InChI=1S/C33H47N3O5S/c1-7-11-19-41-32(40)27-26-16-17-33(42-26)28(27)30(38)36(25(21-37)20-22(5)6)29(33)31(39)35(18-8-2)24-14-12-23(13-15-24)34(9-3)10-4/h7-8,12-15,22,25-29,37H,1-2,9-11,16-21H2,3-6H3/t25-,26-,27+,28+,29?,33?/m1/s1. The van der Waals surface area contributed by atoms with Crippen LogP contribution >= 0.6 is 11.8 Å². The van der Waals surface area contributed by atoms with Crippen LogP contribution in [0.25, 0.3) is 0 Å². The van der Waals surface area contributed by atoms with Crippen molar-refractivity contribution in [1.82, 2.24) is 4.90 Å². The van der Waals surface area contributed by atoms with Gasteiger partial charge in [0.05, 0.1) is 35.8 Å². The number of thioether (sulfide) groups is 1. The lowest BCUT2D eigenvalue weighted by atomic mass is 9.71. The lowest BCUT2D eigenvalue weighted by molar-refractivity contribution is -0.154. The highest BCUT2D eigenvalue weighted by molar-refractivity contribution is 8.02. The maximum Gasteiger partial charge on any atom is 0.310 e. The summed E-state index contributed by atoms with van der Waals surface area (Å²) < 4.78 is 4.84. The lowest BCUT2D eigenvalue weighted by Crippen LogP contribution is -2.57. The highest BCUT2D eigenvalue weighted by Crippen LogP contribution is 2.67. The monoisotopic (exact) mass is 597 g/mol. The summed E-state index contributed by atoms with van der Waals surface area (Å²) in [5.41, 5.74) is 1.80. The van der Waals surface area contributed by atoms with Crippen LogP contribution in [0, 0.1) is 17.8 Å². The van der Waals surface area contributed by atoms with E-state index in [0.29, 0.717) is 19.3 Å². The molecule has 1 aromatic carbocycles. The molecule has 0 aliphatic carbocycles. The number of carbonyl (C=O) groups excluding carboxylic acids is 3. The average Bonchev–Trinajstić information content (AvgIpc) is 3.63. The zero-order chi connectivity index (χ0) is 30.6. The van der Waals surface area contributed by atoms with Crippen molar-refractivity contribution in [2.75, 3.05) is 42.6 Å². The van der Waals surface area contributed by atoms with Gasteiger partial charge in [0.15, 0.2) is 0 Å². The first-order valence-corrected chi connectivity index (χ1v) is 16.2. The van der Waals surface area contributed by atoms with Gasteiger partial charge in [0.25, 0.3) is 5.91 Å². The van der Waals surface area contributed by atoms with E-state index in [1.165, 1.54) is 0 Å². The Bertz CT molecular complexity index is 1150. The third-order valence-corrected chi connectivity index (χ3v) is 11.0. The van der Waals surface area contributed by atoms with E-state index in [9.17, 15) is 19.5 Å². The zero-order valence-electron chi connectivity index (χ0n) is 25.5. The maximum absolute atomic E-state index is 14.8. The molecule has 0 saturated carbocycles. The number of benzene rings is 1. The number of likely N-dealkylation sites (tertiary alicyclic amines) is 1. The number of hydrogen-bond donors (Lipinski definition) is 1. The molecular weight excluding hydrogens is 550 g/mol. The number of aliphatic hydroxyl groups is 1. The number of hydrogen-bond acceptors (Lipinski definition) is 7. The second-order valence-electron chi connectivity index (χ2n) is 11.9. The number of anilines is 2. The number of amides is 2. The molecule has 9 heteroatoms. The van der Waals surface area contributed by atoms with Gasteiger partial charge in [0, 0.05) is 36.3 Å². The molecule has 3 fully saturated rings. The predicted octanol–water partition coefficient (Wildman–Crippen LogP) is 4.67. The van der Waals surface area contributed by atoms with Gasteiger partial charge in [-0.25, -0.2) is 0 Å². The molecule has 3 saturated heterocycles. The molecule has 2 amide bonds. The van der Waals surface area contributed by atoms with Crippen LogP contribution in [0.2, 0.25) is 0 Å². The van der Waals surface area contributed by atoms with Crippen molar-refractivity contribution in [2.45, 2.75) is 75.5 Å². The first kappa shape index (κ1) is 32.1. The first-order chi connectivity index (χ1) is 20.2. The summed E-state index contributed by atoms with van der Waals surface area (Å²) >= 11 is 1.61. The van der Waals surface area contributed by atoms with Crippen molar-refractivity contribution in [3.63, 3.8) is 0 Å². The molecule has 0 aromatic heterocycles. The molecule has 3 heterocycles. The Morgan fingerprint density at radius 1 is 1.17 bits per heavy atom. The molecular formula is C33H47N3O5S. The Balaban J connectivity index is 1.76. The third-order valence-electron chi connectivity index (χ3n) is 9.03. The van der Waals surface area contributed by atoms with E-state index in [0.717, 1.165) is 30.9 Å². The molecule has 1 spiro atoms. The minimum Gasteiger partial charge on any atom is -0.465 e. The molecule has 2 unspecified atom stereocenters. The molecule has 0 radical (unpaired) electrons. The van der Waals surface area contributed by atoms with Crippen LogP contribution in [-0.4, -0.2) is 82.7 Å². The van der Waals surface area contributed by atoms with Crippen molar-refractivity contribution < 1.29 is 24.2 Å². The summed E-state index contributed by atoms with van der Waals surface area (Å²) in [6.07, 6.45) is 5.88.